The molecule has 4 aliphatic carbocycles. The van der Waals surface area contributed by atoms with Gasteiger partial charge < -0.3 is 14.2 Å². The molecule has 0 amide bonds. The zero-order valence-electron chi connectivity index (χ0n) is 15.6. The minimum Gasteiger partial charge on any atom is -0.430 e. The molecule has 6 aliphatic rings. The van der Waals surface area contributed by atoms with E-state index in [1.54, 1.807) is 0 Å². The van der Waals surface area contributed by atoms with Crippen LogP contribution in [0.5, 0.6) is 0 Å². The van der Waals surface area contributed by atoms with E-state index in [1.165, 1.54) is 39.0 Å². The summed E-state index contributed by atoms with van der Waals surface area (Å²) in [6.07, 6.45) is 10.1. The Hall–Kier alpha value is -0.610. The Bertz CT molecular complexity index is 648. The Morgan fingerprint density at radius 1 is 1.04 bits per heavy atom. The van der Waals surface area contributed by atoms with Crippen LogP contribution in [0.3, 0.4) is 0 Å². The van der Waals surface area contributed by atoms with E-state index < -0.39 is 5.79 Å². The molecule has 2 heterocycles. The first kappa shape index (κ1) is 15.4. The molecule has 0 radical (unpaired) electrons. The maximum absolute atomic E-state index is 11.7. The van der Waals surface area contributed by atoms with Crippen molar-refractivity contribution >= 4 is 5.97 Å². The second-order valence-corrected chi connectivity index (χ2v) is 10.3. The summed E-state index contributed by atoms with van der Waals surface area (Å²) < 4.78 is 17.8. The van der Waals surface area contributed by atoms with Crippen LogP contribution in [0.25, 0.3) is 0 Å². The maximum atomic E-state index is 11.7. The van der Waals surface area contributed by atoms with Crippen molar-refractivity contribution in [2.75, 3.05) is 0 Å². The van der Waals surface area contributed by atoms with Gasteiger partial charge in [0.2, 0.25) is 5.79 Å². The predicted molar refractivity (Wildman–Crippen MR) is 90.5 cm³/mol. The smallest absolute Gasteiger partial charge is 0.305 e. The average molecular weight is 346 g/mol. The number of rotatable bonds is 1. The normalized spacial score (nSPS) is 63.4. The van der Waals surface area contributed by atoms with Crippen LogP contribution in [-0.4, -0.2) is 30.1 Å². The van der Waals surface area contributed by atoms with Crippen LogP contribution in [0.15, 0.2) is 0 Å². The molecule has 25 heavy (non-hydrogen) atoms. The van der Waals surface area contributed by atoms with E-state index in [9.17, 15) is 4.79 Å². The summed E-state index contributed by atoms with van der Waals surface area (Å²) in [5.41, 5.74) is 0.477. The molecule has 0 spiro atoms. The van der Waals surface area contributed by atoms with E-state index in [-0.39, 0.29) is 17.5 Å². The van der Waals surface area contributed by atoms with Crippen molar-refractivity contribution in [3.63, 3.8) is 0 Å². The van der Waals surface area contributed by atoms with Gasteiger partial charge >= 0.3 is 5.97 Å². The van der Waals surface area contributed by atoms with Crippen molar-refractivity contribution in [3.05, 3.63) is 0 Å². The number of ether oxygens (including phenoxy) is 3. The standard InChI is InChI=1S/C21H30O4/c1-11(22)24-21-17(25-21)10-15-12-4-5-14-18-16(23-18)7-8-19(14,2)13(12)6-9-20(15,21)3/h12-18H,4-10H2,1-3H3/t12-,13+,14+,15+,16+,17+,18-,19-,20+,21-/m1/s1. The van der Waals surface area contributed by atoms with Gasteiger partial charge in [0.05, 0.1) is 12.2 Å². The number of hydrogen-bond donors (Lipinski definition) is 0. The zero-order valence-corrected chi connectivity index (χ0v) is 15.6. The van der Waals surface area contributed by atoms with Gasteiger partial charge in [-0.2, -0.15) is 0 Å². The topological polar surface area (TPSA) is 51.4 Å². The molecule has 10 atom stereocenters. The average Bonchev–Trinajstić information content (AvgIpc) is 3.44. The maximum Gasteiger partial charge on any atom is 0.305 e. The molecule has 4 heteroatoms. The molecule has 6 fully saturated rings. The molecule has 2 aliphatic heterocycles. The second kappa shape index (κ2) is 4.44. The molecule has 4 saturated carbocycles. The van der Waals surface area contributed by atoms with E-state index in [2.05, 4.69) is 13.8 Å². The highest BCUT2D eigenvalue weighted by molar-refractivity contribution is 5.67. The molecule has 0 unspecified atom stereocenters. The summed E-state index contributed by atoms with van der Waals surface area (Å²) in [5, 5.41) is 0. The summed E-state index contributed by atoms with van der Waals surface area (Å²) in [7, 11) is 0. The van der Waals surface area contributed by atoms with Crippen molar-refractivity contribution in [2.24, 2.45) is 34.5 Å². The van der Waals surface area contributed by atoms with Crippen molar-refractivity contribution in [3.8, 4) is 0 Å². The van der Waals surface area contributed by atoms with Crippen molar-refractivity contribution in [2.45, 2.75) is 89.8 Å². The van der Waals surface area contributed by atoms with E-state index in [4.69, 9.17) is 14.2 Å². The Morgan fingerprint density at radius 2 is 1.88 bits per heavy atom. The Balaban J connectivity index is 1.32. The van der Waals surface area contributed by atoms with Crippen molar-refractivity contribution in [1.29, 1.82) is 0 Å². The minimum atomic E-state index is -0.594. The molecule has 0 aromatic heterocycles. The van der Waals surface area contributed by atoms with Gasteiger partial charge in [-0.05, 0) is 74.0 Å². The van der Waals surface area contributed by atoms with Gasteiger partial charge in [0.25, 0.3) is 0 Å². The first-order valence-electron chi connectivity index (χ1n) is 10.4. The Morgan fingerprint density at radius 3 is 2.68 bits per heavy atom. The van der Waals surface area contributed by atoms with Crippen LogP contribution in [0.2, 0.25) is 0 Å². The lowest BCUT2D eigenvalue weighted by molar-refractivity contribution is -0.198. The van der Waals surface area contributed by atoms with Gasteiger partial charge in [-0.3, -0.25) is 4.79 Å². The number of esters is 1. The van der Waals surface area contributed by atoms with Crippen LogP contribution in [0.1, 0.15) is 65.7 Å². The molecule has 0 N–H and O–H groups in total. The van der Waals surface area contributed by atoms with Crippen LogP contribution >= 0.6 is 0 Å². The second-order valence-electron chi connectivity index (χ2n) is 10.3. The quantitative estimate of drug-likeness (QED) is 0.537. The highest BCUT2D eigenvalue weighted by Gasteiger charge is 2.80. The summed E-state index contributed by atoms with van der Waals surface area (Å²) in [6, 6.07) is 0. The fourth-order valence-corrected chi connectivity index (χ4v) is 8.31. The highest BCUT2D eigenvalue weighted by Crippen LogP contribution is 2.74. The third kappa shape index (κ3) is 1.70. The molecule has 0 aromatic rings. The van der Waals surface area contributed by atoms with Crippen LogP contribution in [-0.2, 0) is 19.0 Å². The molecule has 4 nitrogen and oxygen atoms in total. The van der Waals surface area contributed by atoms with Crippen molar-refractivity contribution in [1.82, 2.24) is 0 Å². The van der Waals surface area contributed by atoms with Crippen LogP contribution < -0.4 is 0 Å². The van der Waals surface area contributed by atoms with E-state index in [0.717, 1.165) is 30.6 Å². The zero-order chi connectivity index (χ0) is 17.2. The SMILES string of the molecule is CC(=O)O[C@@]12O[C@H]1C[C@H]1[C@@H]3CC[C@H]4[C@H]5O[C@H]5CC[C@]4(C)[C@H]3CC[C@@]12C. The molecule has 0 aromatic carbocycles. The number of hydrogen-bond acceptors (Lipinski definition) is 4. The molecule has 138 valence electrons. The highest BCUT2D eigenvalue weighted by atomic mass is 16.8. The van der Waals surface area contributed by atoms with Crippen LogP contribution in [0.4, 0.5) is 0 Å². The summed E-state index contributed by atoms with van der Waals surface area (Å²) in [6.45, 7) is 6.44. The minimum absolute atomic E-state index is 0.0149. The third-order valence-electron chi connectivity index (χ3n) is 9.56. The lowest BCUT2D eigenvalue weighted by Gasteiger charge is -2.59. The molecule has 0 bridgehead atoms. The van der Waals surface area contributed by atoms with Crippen molar-refractivity contribution < 1.29 is 19.0 Å². The lowest BCUT2D eigenvalue weighted by Crippen LogP contribution is -2.56. The number of carbonyl (C=O) groups excluding carboxylic acids is 1. The lowest BCUT2D eigenvalue weighted by atomic mass is 9.45. The first-order valence-corrected chi connectivity index (χ1v) is 10.4. The fraction of sp³-hybridized carbons (Fsp3) is 0.952. The number of epoxide rings is 2. The van der Waals surface area contributed by atoms with Gasteiger partial charge in [-0.25, -0.2) is 0 Å². The number of carbonyl (C=O) groups is 1. The fourth-order valence-electron chi connectivity index (χ4n) is 8.31. The van der Waals surface area contributed by atoms with E-state index >= 15 is 0 Å². The third-order valence-corrected chi connectivity index (χ3v) is 9.56. The van der Waals surface area contributed by atoms with Crippen LogP contribution in [0, 0.1) is 34.5 Å². The van der Waals surface area contributed by atoms with E-state index in [0.29, 0.717) is 23.5 Å². The summed E-state index contributed by atoms with van der Waals surface area (Å²) in [4.78, 5) is 11.7. The largest absolute Gasteiger partial charge is 0.430 e. The first-order chi connectivity index (χ1) is 11.9. The molecular weight excluding hydrogens is 316 g/mol. The molecule has 2 saturated heterocycles. The molecule has 6 rings (SSSR count). The van der Waals surface area contributed by atoms with Gasteiger partial charge in [-0.15, -0.1) is 0 Å². The van der Waals surface area contributed by atoms with Gasteiger partial charge in [-0.1, -0.05) is 13.8 Å². The molecular formula is C21H30O4. The van der Waals surface area contributed by atoms with Gasteiger partial charge in [0, 0.05) is 12.3 Å². The number of fused-ring (bicyclic) bond motifs is 9. The monoisotopic (exact) mass is 346 g/mol. The predicted octanol–water partition coefficient (Wildman–Crippen LogP) is 3.67. The van der Waals surface area contributed by atoms with E-state index in [1.807, 2.05) is 0 Å². The Kier molecular flexibility index (Phi) is 2.74. The summed E-state index contributed by atoms with van der Waals surface area (Å²) in [5.74, 6) is 2.25. The Labute approximate surface area is 150 Å². The van der Waals surface area contributed by atoms with Gasteiger partial charge in [0.15, 0.2) is 0 Å². The van der Waals surface area contributed by atoms with Gasteiger partial charge in [0.1, 0.15) is 6.10 Å². The summed E-state index contributed by atoms with van der Waals surface area (Å²) >= 11 is 0.